The van der Waals surface area contributed by atoms with Crippen LogP contribution in [0, 0.1) is 17.8 Å². The Hall–Kier alpha value is -2.53. The molecule has 2 aromatic rings. The van der Waals surface area contributed by atoms with Crippen LogP contribution in [0.2, 0.25) is 5.02 Å². The van der Waals surface area contributed by atoms with E-state index in [1.165, 1.54) is 33.5 Å². The first-order chi connectivity index (χ1) is 14.5. The Morgan fingerprint density at radius 1 is 0.967 bits per heavy atom. The smallest absolute Gasteiger partial charge is 0.338 e. The lowest BCUT2D eigenvalue weighted by molar-refractivity contribution is 0.0590. The van der Waals surface area contributed by atoms with Gasteiger partial charge in [-0.3, -0.25) is 0 Å². The predicted octanol–water partition coefficient (Wildman–Crippen LogP) is 5.21. The van der Waals surface area contributed by atoms with E-state index in [0.717, 1.165) is 16.8 Å². The fourth-order valence-corrected chi connectivity index (χ4v) is 6.34. The molecular weight excluding hydrogens is 402 g/mol. The molecule has 156 valence electrons. The molecule has 0 amide bonds. The quantitative estimate of drug-likeness (QED) is 0.684. The van der Waals surface area contributed by atoms with E-state index in [2.05, 4.69) is 5.32 Å². The summed E-state index contributed by atoms with van der Waals surface area (Å²) in [5.74, 6) is 1.16. The molecule has 5 atom stereocenters. The first-order valence-corrected chi connectivity index (χ1v) is 10.8. The van der Waals surface area contributed by atoms with Crippen LogP contribution in [0.4, 0.5) is 5.69 Å². The van der Waals surface area contributed by atoms with Crippen LogP contribution in [0.25, 0.3) is 0 Å². The highest BCUT2D eigenvalue weighted by atomic mass is 35.5. The molecule has 2 bridgehead atoms. The fourth-order valence-electron chi connectivity index (χ4n) is 6.12. The van der Waals surface area contributed by atoms with Crippen molar-refractivity contribution in [2.24, 2.45) is 17.8 Å². The zero-order valence-corrected chi connectivity index (χ0v) is 17.7. The van der Waals surface area contributed by atoms with Crippen LogP contribution in [-0.2, 0) is 9.47 Å². The van der Waals surface area contributed by atoms with E-state index in [0.29, 0.717) is 33.9 Å². The van der Waals surface area contributed by atoms with Gasteiger partial charge >= 0.3 is 11.9 Å². The average Bonchev–Trinajstić information content (AvgIpc) is 3.41. The fraction of sp³-hybridized carbons (Fsp3) is 0.417. The van der Waals surface area contributed by atoms with Crippen LogP contribution in [0.1, 0.15) is 63.1 Å². The van der Waals surface area contributed by atoms with E-state index in [-0.39, 0.29) is 23.9 Å². The summed E-state index contributed by atoms with van der Waals surface area (Å²) in [7, 11) is 2.81. The summed E-state index contributed by atoms with van der Waals surface area (Å²) >= 11 is 6.62. The molecule has 5 rings (SSSR count). The Kier molecular flexibility index (Phi) is 4.73. The molecule has 0 saturated heterocycles. The average molecular weight is 426 g/mol. The Morgan fingerprint density at radius 3 is 2.37 bits per heavy atom. The number of methoxy groups -OCH3 is 2. The van der Waals surface area contributed by atoms with Gasteiger partial charge in [-0.25, -0.2) is 9.59 Å². The summed E-state index contributed by atoms with van der Waals surface area (Å²) in [5, 5.41) is 4.28. The van der Waals surface area contributed by atoms with Crippen molar-refractivity contribution in [2.45, 2.75) is 31.2 Å². The minimum absolute atomic E-state index is 0.0786. The van der Waals surface area contributed by atoms with Crippen LogP contribution >= 0.6 is 11.6 Å². The number of rotatable bonds is 3. The largest absolute Gasteiger partial charge is 0.465 e. The van der Waals surface area contributed by atoms with Crippen molar-refractivity contribution in [2.75, 3.05) is 19.5 Å². The number of nitrogens with one attached hydrogen (secondary N) is 1. The summed E-state index contributed by atoms with van der Waals surface area (Å²) in [6, 6.07) is 11.3. The maximum Gasteiger partial charge on any atom is 0.338 e. The Bertz CT molecular complexity index is 1020. The third-order valence-electron chi connectivity index (χ3n) is 7.29. The molecule has 2 fully saturated rings. The van der Waals surface area contributed by atoms with Crippen molar-refractivity contribution in [1.82, 2.24) is 0 Å². The van der Waals surface area contributed by atoms with Crippen LogP contribution in [0.5, 0.6) is 0 Å². The Morgan fingerprint density at radius 2 is 1.67 bits per heavy atom. The molecule has 0 radical (unpaired) electrons. The molecule has 0 spiro atoms. The van der Waals surface area contributed by atoms with Gasteiger partial charge in [0.25, 0.3) is 0 Å². The van der Waals surface area contributed by atoms with Gasteiger partial charge in [-0.15, -0.1) is 0 Å². The molecule has 5 nitrogen and oxygen atoms in total. The second-order valence-electron chi connectivity index (χ2n) is 8.55. The minimum atomic E-state index is -0.341. The summed E-state index contributed by atoms with van der Waals surface area (Å²) in [6.07, 6.45) is 3.58. The molecule has 6 heteroatoms. The van der Waals surface area contributed by atoms with E-state index in [9.17, 15) is 9.59 Å². The van der Waals surface area contributed by atoms with Crippen LogP contribution in [0.3, 0.4) is 0 Å². The predicted molar refractivity (Wildman–Crippen MR) is 114 cm³/mol. The lowest BCUT2D eigenvalue weighted by atomic mass is 9.67. The van der Waals surface area contributed by atoms with E-state index < -0.39 is 0 Å². The van der Waals surface area contributed by atoms with Crippen molar-refractivity contribution in [3.63, 3.8) is 0 Å². The monoisotopic (exact) mass is 425 g/mol. The maximum atomic E-state index is 12.5. The number of halogens is 1. The number of ether oxygens (including phenoxy) is 2. The summed E-state index contributed by atoms with van der Waals surface area (Å²) < 4.78 is 9.90. The highest BCUT2D eigenvalue weighted by Gasteiger charge is 2.55. The van der Waals surface area contributed by atoms with Gasteiger partial charge in [-0.1, -0.05) is 23.7 Å². The molecule has 30 heavy (non-hydrogen) atoms. The third kappa shape index (κ3) is 2.83. The zero-order chi connectivity index (χ0) is 21.0. The van der Waals surface area contributed by atoms with Gasteiger partial charge in [0.2, 0.25) is 0 Å². The van der Waals surface area contributed by atoms with Gasteiger partial charge in [0.15, 0.2) is 0 Å². The van der Waals surface area contributed by atoms with Gasteiger partial charge in [-0.05, 0) is 78.3 Å². The van der Waals surface area contributed by atoms with Crippen molar-refractivity contribution >= 4 is 29.2 Å². The van der Waals surface area contributed by atoms with Crippen molar-refractivity contribution in [3.05, 3.63) is 63.7 Å². The molecule has 1 heterocycles. The highest BCUT2D eigenvalue weighted by Crippen LogP contribution is 2.64. The molecule has 2 saturated carbocycles. The van der Waals surface area contributed by atoms with E-state index in [4.69, 9.17) is 21.1 Å². The topological polar surface area (TPSA) is 64.6 Å². The van der Waals surface area contributed by atoms with Crippen LogP contribution in [-0.4, -0.2) is 26.2 Å². The molecular formula is C24H24ClNO4. The molecule has 2 aromatic carbocycles. The maximum absolute atomic E-state index is 12.5. The summed E-state index contributed by atoms with van der Waals surface area (Å²) in [6.45, 7) is 0. The van der Waals surface area contributed by atoms with Crippen LogP contribution < -0.4 is 5.32 Å². The minimum Gasteiger partial charge on any atom is -0.465 e. The van der Waals surface area contributed by atoms with Crippen molar-refractivity contribution in [3.8, 4) is 0 Å². The molecule has 1 aliphatic heterocycles. The SMILES string of the molecule is COC(=O)c1ccc([C@@H]2Nc3c(Cl)ccc(C(=O)OC)c3[C@@H]3[C@H]4CC[C@@H](C4)[C@@H]32)cc1. The standard InChI is InChI=1S/C24H24ClNO4/c1-29-23(27)13-5-3-12(4-6-13)21-19-15-8-7-14(11-15)18(19)20-16(24(28)30-2)9-10-17(25)22(20)26-21/h3-6,9-10,14-15,18-19,21,26H,7-8,11H2,1-2H3/t14-,15-,18+,19-,21-/m0/s1. The number of fused-ring (bicyclic) bond motifs is 7. The second kappa shape index (κ2) is 7.31. The number of esters is 2. The van der Waals surface area contributed by atoms with E-state index >= 15 is 0 Å². The van der Waals surface area contributed by atoms with Gasteiger partial charge in [0.05, 0.1) is 42.1 Å². The number of hydrogen-bond donors (Lipinski definition) is 1. The van der Waals surface area contributed by atoms with E-state index in [1.807, 2.05) is 24.3 Å². The Labute approximate surface area is 180 Å². The lowest BCUT2D eigenvalue weighted by Crippen LogP contribution is -2.36. The number of carbonyl (C=O) groups is 2. The molecule has 3 aliphatic rings. The van der Waals surface area contributed by atoms with Gasteiger partial charge in [-0.2, -0.15) is 0 Å². The number of carbonyl (C=O) groups excluding carboxylic acids is 2. The number of anilines is 1. The highest BCUT2D eigenvalue weighted by molar-refractivity contribution is 6.33. The Balaban J connectivity index is 1.62. The van der Waals surface area contributed by atoms with Gasteiger partial charge in [0, 0.05) is 0 Å². The normalized spacial score (nSPS) is 28.3. The first kappa shape index (κ1) is 19.4. The number of hydrogen-bond acceptors (Lipinski definition) is 5. The molecule has 0 unspecified atom stereocenters. The lowest BCUT2D eigenvalue weighted by Gasteiger charge is -2.44. The molecule has 2 aliphatic carbocycles. The van der Waals surface area contributed by atoms with Crippen LogP contribution in [0.15, 0.2) is 36.4 Å². The molecule has 0 aromatic heterocycles. The first-order valence-electron chi connectivity index (χ1n) is 10.4. The van der Waals surface area contributed by atoms with E-state index in [1.54, 1.807) is 12.1 Å². The number of benzene rings is 2. The zero-order valence-electron chi connectivity index (χ0n) is 17.0. The second-order valence-corrected chi connectivity index (χ2v) is 8.95. The van der Waals surface area contributed by atoms with Gasteiger partial charge < -0.3 is 14.8 Å². The van der Waals surface area contributed by atoms with Crippen molar-refractivity contribution < 1.29 is 19.1 Å². The molecule has 1 N–H and O–H groups in total. The third-order valence-corrected chi connectivity index (χ3v) is 7.60. The van der Waals surface area contributed by atoms with Gasteiger partial charge in [0.1, 0.15) is 0 Å². The summed E-state index contributed by atoms with van der Waals surface area (Å²) in [5.41, 5.74) is 4.14. The van der Waals surface area contributed by atoms with Crippen molar-refractivity contribution in [1.29, 1.82) is 0 Å². The summed E-state index contributed by atoms with van der Waals surface area (Å²) in [4.78, 5) is 24.4.